The Morgan fingerprint density at radius 1 is 1.11 bits per heavy atom. The van der Waals surface area contributed by atoms with Crippen molar-refractivity contribution in [2.75, 3.05) is 6.54 Å². The fourth-order valence-electron chi connectivity index (χ4n) is 2.84. The molecular formula is C15H20FNO. The number of carbonyl (C=O) groups is 1. The van der Waals surface area contributed by atoms with Crippen molar-refractivity contribution in [3.63, 3.8) is 0 Å². The standard InChI is InChI=1S/C15H20FNO/c16-13-7-5-12(6-8-13)14(18)15(11-17)9-3-1-2-4-10-15/h5-8H,1-4,9-11,17H2. The molecule has 0 heterocycles. The van der Waals surface area contributed by atoms with Crippen molar-refractivity contribution >= 4 is 5.78 Å². The van der Waals surface area contributed by atoms with Gasteiger partial charge in [0.15, 0.2) is 5.78 Å². The Kier molecular flexibility index (Phi) is 4.12. The Bertz CT molecular complexity index is 405. The summed E-state index contributed by atoms with van der Waals surface area (Å²) in [6.07, 6.45) is 6.20. The van der Waals surface area contributed by atoms with Gasteiger partial charge in [-0.1, -0.05) is 25.7 Å². The summed E-state index contributed by atoms with van der Waals surface area (Å²) in [5.74, 6) is -0.221. The van der Waals surface area contributed by atoms with Gasteiger partial charge < -0.3 is 5.73 Å². The molecule has 0 radical (unpaired) electrons. The van der Waals surface area contributed by atoms with Crippen LogP contribution in [-0.2, 0) is 0 Å². The van der Waals surface area contributed by atoms with Gasteiger partial charge in [0.05, 0.1) is 0 Å². The maximum absolute atomic E-state index is 12.9. The molecule has 98 valence electrons. The summed E-state index contributed by atoms with van der Waals surface area (Å²) in [4.78, 5) is 12.6. The molecule has 2 rings (SSSR count). The van der Waals surface area contributed by atoms with Gasteiger partial charge in [-0.2, -0.15) is 0 Å². The number of rotatable bonds is 3. The average Bonchev–Trinajstić information content (AvgIpc) is 2.65. The normalized spacial score (nSPS) is 19.2. The second kappa shape index (κ2) is 5.61. The van der Waals surface area contributed by atoms with E-state index in [1.165, 1.54) is 25.0 Å². The maximum atomic E-state index is 12.9. The van der Waals surface area contributed by atoms with E-state index in [9.17, 15) is 9.18 Å². The summed E-state index contributed by atoms with van der Waals surface area (Å²) in [6.45, 7) is 0.392. The van der Waals surface area contributed by atoms with Gasteiger partial charge in [-0.05, 0) is 37.1 Å². The van der Waals surface area contributed by atoms with Crippen molar-refractivity contribution in [1.82, 2.24) is 0 Å². The number of nitrogens with two attached hydrogens (primary N) is 1. The van der Waals surface area contributed by atoms with Crippen LogP contribution in [0.25, 0.3) is 0 Å². The SMILES string of the molecule is NCC1(C(=O)c2ccc(F)cc2)CCCCCC1. The summed E-state index contributed by atoms with van der Waals surface area (Å²) in [5.41, 5.74) is 6.05. The number of Topliss-reactive ketones (excluding diaryl/α,β-unsaturated/α-hetero) is 1. The van der Waals surface area contributed by atoms with Gasteiger partial charge in [-0.15, -0.1) is 0 Å². The Morgan fingerprint density at radius 2 is 1.67 bits per heavy atom. The minimum absolute atomic E-state index is 0.0897. The molecule has 0 spiro atoms. The molecule has 0 aliphatic heterocycles. The van der Waals surface area contributed by atoms with Crippen LogP contribution in [0.3, 0.4) is 0 Å². The second-order valence-corrected chi connectivity index (χ2v) is 5.23. The zero-order chi connectivity index (χ0) is 13.0. The third-order valence-corrected chi connectivity index (χ3v) is 4.04. The molecule has 0 bridgehead atoms. The predicted octanol–water partition coefficient (Wildman–Crippen LogP) is 3.31. The van der Waals surface area contributed by atoms with Crippen LogP contribution in [0.2, 0.25) is 0 Å². The molecule has 18 heavy (non-hydrogen) atoms. The lowest BCUT2D eigenvalue weighted by molar-refractivity contribution is 0.0774. The lowest BCUT2D eigenvalue weighted by Crippen LogP contribution is -2.38. The van der Waals surface area contributed by atoms with Crippen LogP contribution in [-0.4, -0.2) is 12.3 Å². The van der Waals surface area contributed by atoms with E-state index in [-0.39, 0.29) is 11.6 Å². The minimum atomic E-state index is -0.422. The zero-order valence-corrected chi connectivity index (χ0v) is 10.6. The number of hydrogen-bond donors (Lipinski definition) is 1. The van der Waals surface area contributed by atoms with Gasteiger partial charge in [0.1, 0.15) is 5.82 Å². The first kappa shape index (κ1) is 13.2. The summed E-state index contributed by atoms with van der Waals surface area (Å²) in [6, 6.07) is 5.82. The summed E-state index contributed by atoms with van der Waals surface area (Å²) in [7, 11) is 0. The van der Waals surface area contributed by atoms with E-state index < -0.39 is 5.41 Å². The molecule has 1 aromatic carbocycles. The van der Waals surface area contributed by atoms with Gasteiger partial charge >= 0.3 is 0 Å². The molecular weight excluding hydrogens is 229 g/mol. The molecule has 0 saturated heterocycles. The Labute approximate surface area is 107 Å². The van der Waals surface area contributed by atoms with Crippen molar-refractivity contribution in [1.29, 1.82) is 0 Å². The minimum Gasteiger partial charge on any atom is -0.329 e. The fourth-order valence-corrected chi connectivity index (χ4v) is 2.84. The molecule has 2 N–H and O–H groups in total. The summed E-state index contributed by atoms with van der Waals surface area (Å²) < 4.78 is 12.9. The van der Waals surface area contributed by atoms with E-state index in [0.717, 1.165) is 25.7 Å². The summed E-state index contributed by atoms with van der Waals surface area (Å²) >= 11 is 0. The van der Waals surface area contributed by atoms with Crippen LogP contribution in [0.1, 0.15) is 48.9 Å². The van der Waals surface area contributed by atoms with Crippen molar-refractivity contribution in [2.45, 2.75) is 38.5 Å². The van der Waals surface area contributed by atoms with Gasteiger partial charge in [0, 0.05) is 17.5 Å². The maximum Gasteiger partial charge on any atom is 0.170 e. The molecule has 1 saturated carbocycles. The molecule has 2 nitrogen and oxygen atoms in total. The highest BCUT2D eigenvalue weighted by Gasteiger charge is 2.37. The molecule has 0 atom stereocenters. The third-order valence-electron chi connectivity index (χ3n) is 4.04. The average molecular weight is 249 g/mol. The number of carbonyl (C=O) groups excluding carboxylic acids is 1. The highest BCUT2D eigenvalue weighted by Crippen LogP contribution is 2.37. The van der Waals surface area contributed by atoms with Crippen LogP contribution in [0, 0.1) is 11.2 Å². The molecule has 0 aromatic heterocycles. The molecule has 0 amide bonds. The van der Waals surface area contributed by atoms with Crippen molar-refractivity contribution < 1.29 is 9.18 Å². The first-order chi connectivity index (χ1) is 8.68. The van der Waals surface area contributed by atoms with Gasteiger partial charge in [0.25, 0.3) is 0 Å². The molecule has 1 aliphatic rings. The molecule has 1 aliphatic carbocycles. The van der Waals surface area contributed by atoms with E-state index in [0.29, 0.717) is 12.1 Å². The van der Waals surface area contributed by atoms with Crippen LogP contribution < -0.4 is 5.73 Å². The zero-order valence-electron chi connectivity index (χ0n) is 10.6. The lowest BCUT2D eigenvalue weighted by atomic mass is 9.74. The van der Waals surface area contributed by atoms with Crippen molar-refractivity contribution in [3.8, 4) is 0 Å². The van der Waals surface area contributed by atoms with Crippen molar-refractivity contribution in [2.24, 2.45) is 11.1 Å². The van der Waals surface area contributed by atoms with Gasteiger partial charge in [0.2, 0.25) is 0 Å². The highest BCUT2D eigenvalue weighted by atomic mass is 19.1. The number of hydrogen-bond acceptors (Lipinski definition) is 2. The smallest absolute Gasteiger partial charge is 0.170 e. The Balaban J connectivity index is 2.25. The number of benzene rings is 1. The molecule has 1 aromatic rings. The molecule has 0 unspecified atom stereocenters. The lowest BCUT2D eigenvalue weighted by Gasteiger charge is -2.29. The van der Waals surface area contributed by atoms with E-state index in [1.54, 1.807) is 12.1 Å². The van der Waals surface area contributed by atoms with E-state index >= 15 is 0 Å². The predicted molar refractivity (Wildman–Crippen MR) is 69.9 cm³/mol. The third kappa shape index (κ3) is 2.61. The quantitative estimate of drug-likeness (QED) is 0.659. The molecule has 1 fully saturated rings. The largest absolute Gasteiger partial charge is 0.329 e. The number of ketones is 1. The molecule has 3 heteroatoms. The Hall–Kier alpha value is -1.22. The highest BCUT2D eigenvalue weighted by molar-refractivity contribution is 6.00. The first-order valence-electron chi connectivity index (χ1n) is 6.68. The van der Waals surface area contributed by atoms with Crippen LogP contribution in [0.5, 0.6) is 0 Å². The van der Waals surface area contributed by atoms with Gasteiger partial charge in [-0.3, -0.25) is 4.79 Å². The first-order valence-corrected chi connectivity index (χ1v) is 6.68. The van der Waals surface area contributed by atoms with Crippen LogP contribution in [0.4, 0.5) is 4.39 Å². The number of halogens is 1. The van der Waals surface area contributed by atoms with Crippen LogP contribution >= 0.6 is 0 Å². The van der Waals surface area contributed by atoms with Crippen LogP contribution in [0.15, 0.2) is 24.3 Å². The topological polar surface area (TPSA) is 43.1 Å². The van der Waals surface area contributed by atoms with E-state index in [1.807, 2.05) is 0 Å². The van der Waals surface area contributed by atoms with E-state index in [2.05, 4.69) is 0 Å². The Morgan fingerprint density at radius 3 is 2.17 bits per heavy atom. The van der Waals surface area contributed by atoms with E-state index in [4.69, 9.17) is 5.73 Å². The van der Waals surface area contributed by atoms with Gasteiger partial charge in [-0.25, -0.2) is 4.39 Å². The van der Waals surface area contributed by atoms with Crippen molar-refractivity contribution in [3.05, 3.63) is 35.6 Å². The fraction of sp³-hybridized carbons (Fsp3) is 0.533. The second-order valence-electron chi connectivity index (χ2n) is 5.23. The summed E-state index contributed by atoms with van der Waals surface area (Å²) in [5, 5.41) is 0. The monoisotopic (exact) mass is 249 g/mol.